The second-order valence-corrected chi connectivity index (χ2v) is 13.0. The van der Waals surface area contributed by atoms with E-state index in [4.69, 9.17) is 19.6 Å². The van der Waals surface area contributed by atoms with Gasteiger partial charge in [-0.15, -0.1) is 0 Å². The number of alkyl halides is 3. The number of aryl methyl sites for hydroxylation is 1. The molecule has 0 aliphatic heterocycles. The van der Waals surface area contributed by atoms with Crippen LogP contribution in [0.2, 0.25) is 0 Å². The highest BCUT2D eigenvalue weighted by atomic mass is 19.4. The number of carbonyl (C=O) groups excluding carboxylic acids is 2. The average molecular weight is 760 g/mol. The van der Waals surface area contributed by atoms with Crippen molar-refractivity contribution in [3.63, 3.8) is 0 Å². The van der Waals surface area contributed by atoms with E-state index in [2.05, 4.69) is 20.6 Å². The van der Waals surface area contributed by atoms with Gasteiger partial charge >= 0.3 is 6.18 Å². The molecule has 10 nitrogen and oxygen atoms in total. The summed E-state index contributed by atoms with van der Waals surface area (Å²) in [7, 11) is 1.30. The van der Waals surface area contributed by atoms with Gasteiger partial charge < -0.3 is 30.3 Å². The molecule has 5 aromatic rings. The molecule has 54 heavy (non-hydrogen) atoms. The van der Waals surface area contributed by atoms with Crippen LogP contribution in [-0.2, 0) is 28.8 Å². The van der Waals surface area contributed by atoms with Gasteiger partial charge in [-0.05, 0) is 69.7 Å². The van der Waals surface area contributed by atoms with Crippen LogP contribution in [0.1, 0.15) is 72.4 Å². The number of amides is 2. The van der Waals surface area contributed by atoms with Gasteiger partial charge in [-0.2, -0.15) is 13.2 Å². The topological polar surface area (TPSA) is 142 Å². The smallest absolute Gasteiger partial charge is 0.433 e. The minimum Gasteiger partial charge on any atom is -0.494 e. The van der Waals surface area contributed by atoms with Crippen molar-refractivity contribution in [3.8, 4) is 17.2 Å². The molecule has 4 N–H and O–H groups in total. The number of nitrogens with zero attached hydrogens (tertiary/aromatic N) is 2. The predicted molar refractivity (Wildman–Crippen MR) is 188 cm³/mol. The zero-order chi connectivity index (χ0) is 40.0. The maximum atomic E-state index is 14.5. The molecule has 288 valence electrons. The lowest BCUT2D eigenvalue weighted by molar-refractivity contribution is -0.141. The van der Waals surface area contributed by atoms with Crippen LogP contribution < -0.4 is 21.1 Å². The van der Waals surface area contributed by atoms with Crippen molar-refractivity contribution in [2.45, 2.75) is 65.5 Å². The predicted octanol–water partition coefficient (Wildman–Crippen LogP) is 7.71. The number of hydrogen-bond donors (Lipinski definition) is 3. The van der Waals surface area contributed by atoms with Gasteiger partial charge in [0.2, 0.25) is 11.8 Å². The summed E-state index contributed by atoms with van der Waals surface area (Å²) in [5.74, 6) is -2.96. The number of nitrogens with two attached hydrogens (primary N) is 1. The molecule has 1 atom stereocenters. The molecule has 0 radical (unpaired) electrons. The molecular weight excluding hydrogens is 720 g/mol. The molecule has 0 aliphatic carbocycles. The molecule has 0 unspecified atom stereocenters. The fourth-order valence-electron chi connectivity index (χ4n) is 5.05. The summed E-state index contributed by atoms with van der Waals surface area (Å²) >= 11 is 0. The van der Waals surface area contributed by atoms with Gasteiger partial charge in [-0.3, -0.25) is 9.59 Å². The van der Waals surface area contributed by atoms with Gasteiger partial charge in [0.1, 0.15) is 40.5 Å². The maximum Gasteiger partial charge on any atom is 0.433 e. The van der Waals surface area contributed by atoms with Crippen LogP contribution in [0.3, 0.4) is 0 Å². The van der Waals surface area contributed by atoms with Crippen molar-refractivity contribution < 1.29 is 49.8 Å². The second-order valence-electron chi connectivity index (χ2n) is 13.0. The van der Waals surface area contributed by atoms with Crippen LogP contribution in [0, 0.1) is 24.4 Å². The number of benzene rings is 3. The van der Waals surface area contributed by atoms with Gasteiger partial charge in [0, 0.05) is 48.2 Å². The summed E-state index contributed by atoms with van der Waals surface area (Å²) in [6.45, 7) is 8.25. The van der Waals surface area contributed by atoms with E-state index in [0.29, 0.717) is 11.1 Å². The highest BCUT2D eigenvalue weighted by Crippen LogP contribution is 2.38. The SMILES string of the molecule is COc1ccc(-c2nc(C(=O)NCc3ccc(C)cc3F)c([C@H](COC(C)(C)C)NC(C)=O)o2)c2ccc(C(F)(F)F)nc12.NCc1ccc(F)cc1F. The zero-order valence-electron chi connectivity index (χ0n) is 30.3. The highest BCUT2D eigenvalue weighted by Gasteiger charge is 2.34. The molecule has 2 heterocycles. The Hall–Kier alpha value is -5.48. The summed E-state index contributed by atoms with van der Waals surface area (Å²) in [4.78, 5) is 33.8. The summed E-state index contributed by atoms with van der Waals surface area (Å²) in [6, 6.07) is 11.9. The monoisotopic (exact) mass is 759 g/mol. The number of nitrogens with one attached hydrogen (secondary N) is 2. The van der Waals surface area contributed by atoms with Gasteiger partial charge in [-0.1, -0.05) is 18.2 Å². The van der Waals surface area contributed by atoms with Crippen LogP contribution in [0.15, 0.2) is 65.1 Å². The fourth-order valence-corrected chi connectivity index (χ4v) is 5.05. The average Bonchev–Trinajstić information content (AvgIpc) is 3.53. The van der Waals surface area contributed by atoms with Crippen molar-refractivity contribution in [1.82, 2.24) is 20.6 Å². The van der Waals surface area contributed by atoms with Crippen molar-refractivity contribution in [2.75, 3.05) is 13.7 Å². The zero-order valence-corrected chi connectivity index (χ0v) is 30.3. The Bertz CT molecular complexity index is 2130. The third-order valence-electron chi connectivity index (χ3n) is 7.69. The van der Waals surface area contributed by atoms with Crippen LogP contribution in [0.25, 0.3) is 22.4 Å². The molecule has 5 rings (SSSR count). The molecule has 0 saturated heterocycles. The van der Waals surface area contributed by atoms with Gasteiger partial charge in [0.25, 0.3) is 5.91 Å². The summed E-state index contributed by atoms with van der Waals surface area (Å²) in [6.07, 6.45) is -4.70. The minimum atomic E-state index is -4.70. The number of carbonyl (C=O) groups is 2. The van der Waals surface area contributed by atoms with Crippen molar-refractivity contribution in [2.24, 2.45) is 5.73 Å². The number of fused-ring (bicyclic) bond motifs is 1. The van der Waals surface area contributed by atoms with Crippen LogP contribution in [0.4, 0.5) is 26.3 Å². The normalized spacial score (nSPS) is 12.2. The summed E-state index contributed by atoms with van der Waals surface area (Å²) in [5.41, 5.74) is 4.55. The number of rotatable bonds is 10. The van der Waals surface area contributed by atoms with E-state index >= 15 is 0 Å². The fraction of sp³-hybridized carbons (Fsp3) is 0.316. The summed E-state index contributed by atoms with van der Waals surface area (Å²) < 4.78 is 96.8. The first kappa shape index (κ1) is 41.3. The van der Waals surface area contributed by atoms with Crippen molar-refractivity contribution in [3.05, 3.63) is 112 Å². The first-order valence-corrected chi connectivity index (χ1v) is 16.5. The number of hydrogen-bond acceptors (Lipinski definition) is 8. The van der Waals surface area contributed by atoms with Crippen LogP contribution >= 0.6 is 0 Å². The maximum absolute atomic E-state index is 14.5. The van der Waals surface area contributed by atoms with E-state index in [9.17, 15) is 35.9 Å². The van der Waals surface area contributed by atoms with E-state index < -0.39 is 52.8 Å². The van der Waals surface area contributed by atoms with Crippen LogP contribution in [-0.4, -0.2) is 41.1 Å². The van der Waals surface area contributed by atoms with E-state index in [1.807, 2.05) is 0 Å². The Balaban J connectivity index is 0.000000562. The molecule has 0 saturated carbocycles. The van der Waals surface area contributed by atoms with Gasteiger partial charge in [0.05, 0.1) is 19.3 Å². The van der Waals surface area contributed by atoms with E-state index in [1.54, 1.807) is 39.8 Å². The molecule has 2 aromatic heterocycles. The van der Waals surface area contributed by atoms with Crippen LogP contribution in [0.5, 0.6) is 5.75 Å². The van der Waals surface area contributed by atoms with Crippen molar-refractivity contribution >= 4 is 22.7 Å². The Morgan fingerprint density at radius 2 is 1.61 bits per heavy atom. The Kier molecular flexibility index (Phi) is 13.1. The minimum absolute atomic E-state index is 0.0647. The number of aromatic nitrogens is 2. The third kappa shape index (κ3) is 10.6. The molecule has 16 heteroatoms. The lowest BCUT2D eigenvalue weighted by Gasteiger charge is -2.24. The first-order valence-electron chi connectivity index (χ1n) is 16.5. The second kappa shape index (κ2) is 17.1. The highest BCUT2D eigenvalue weighted by molar-refractivity contribution is 5.98. The molecule has 2 amide bonds. The Morgan fingerprint density at radius 3 is 2.20 bits per heavy atom. The van der Waals surface area contributed by atoms with Crippen molar-refractivity contribution in [1.29, 1.82) is 0 Å². The molecule has 0 bridgehead atoms. The van der Waals surface area contributed by atoms with E-state index in [0.717, 1.165) is 12.1 Å². The standard InChI is InChI=1S/C31H32F4N4O5.C7H7F2N/c1-16-7-8-18(21(32)13-16)14-36-28(41)26-27(22(37-17(2)40)15-43-30(3,4)5)44-29(39-26)20-9-11-23(42-6)25-19(20)10-12-24(38-25)31(33,34)35;8-6-2-1-5(4-10)7(9)3-6/h7-13,22H,14-15H2,1-6H3,(H,36,41)(H,37,40);1-3H,4,10H2/t22-;/m0./s1. The van der Waals surface area contributed by atoms with E-state index in [-0.39, 0.29) is 64.8 Å². The third-order valence-corrected chi connectivity index (χ3v) is 7.69. The van der Waals surface area contributed by atoms with Gasteiger partial charge in [0.15, 0.2) is 11.5 Å². The van der Waals surface area contributed by atoms with Gasteiger partial charge in [-0.25, -0.2) is 23.1 Å². The molecule has 0 spiro atoms. The van der Waals surface area contributed by atoms with E-state index in [1.165, 1.54) is 50.4 Å². The Morgan fingerprint density at radius 1 is 0.926 bits per heavy atom. The number of oxazole rings is 1. The molecule has 0 aliphatic rings. The first-order chi connectivity index (χ1) is 25.3. The quantitative estimate of drug-likeness (QED) is 0.123. The molecule has 0 fully saturated rings. The Labute approximate surface area is 307 Å². The number of ether oxygens (including phenoxy) is 2. The summed E-state index contributed by atoms with van der Waals surface area (Å²) in [5, 5.41) is 5.54. The lowest BCUT2D eigenvalue weighted by Crippen LogP contribution is -2.34. The molecule has 3 aromatic carbocycles. The lowest BCUT2D eigenvalue weighted by atomic mass is 10.1. The number of halogens is 6. The number of methoxy groups -OCH3 is 1. The number of pyridine rings is 1. The molecular formula is C38H39F6N5O5. The largest absolute Gasteiger partial charge is 0.494 e.